The average Bonchev–Trinajstić information content (AvgIpc) is 3.48. The predicted molar refractivity (Wildman–Crippen MR) is 184 cm³/mol. The van der Waals surface area contributed by atoms with Crippen LogP contribution < -0.4 is 10.5 Å². The van der Waals surface area contributed by atoms with Gasteiger partial charge in [-0.1, -0.05) is 18.2 Å². The minimum Gasteiger partial charge on any atom is -0.457 e. The molecule has 0 saturated carbocycles. The molecule has 3 saturated heterocycles. The summed E-state index contributed by atoms with van der Waals surface area (Å²) in [5.74, 6) is 1.66. The highest BCUT2D eigenvalue weighted by atomic mass is 16.5. The number of rotatable bonds is 8. The van der Waals surface area contributed by atoms with Crippen molar-refractivity contribution < 1.29 is 14.3 Å². The molecule has 11 heteroatoms. The number of hydrogen-bond donors (Lipinski definition) is 1. The van der Waals surface area contributed by atoms with Gasteiger partial charge < -0.3 is 20.1 Å². The number of carbonyl (C=O) groups is 1. The first kappa shape index (κ1) is 31.8. The molecule has 2 aromatic carbocycles. The number of piperazine rings is 1. The maximum atomic E-state index is 13.9. The van der Waals surface area contributed by atoms with Crippen LogP contribution in [0.1, 0.15) is 32.7 Å². The first-order valence-electron chi connectivity index (χ1n) is 16.8. The second kappa shape index (κ2) is 13.4. The number of benzene rings is 2. The van der Waals surface area contributed by atoms with Crippen LogP contribution in [0.25, 0.3) is 22.2 Å². The third kappa shape index (κ3) is 6.39. The largest absolute Gasteiger partial charge is 0.457 e. The molecule has 4 aromatic rings. The number of nitriles is 1. The van der Waals surface area contributed by atoms with Crippen LogP contribution in [0.4, 0.5) is 5.82 Å². The zero-order valence-corrected chi connectivity index (χ0v) is 27.6. The number of carbonyl (C=O) groups excluding carboxylic acids is 1. The fraction of sp³-hybridized carbons (Fsp3) is 0.405. The molecule has 3 fully saturated rings. The van der Waals surface area contributed by atoms with Gasteiger partial charge in [-0.25, -0.2) is 4.98 Å². The lowest BCUT2D eigenvalue weighted by Gasteiger charge is -2.46. The number of nitrogens with zero attached hydrogens (tertiary/aromatic N) is 7. The molecule has 1 atom stereocenters. The van der Waals surface area contributed by atoms with Crippen LogP contribution in [0.5, 0.6) is 11.5 Å². The molecule has 248 valence electrons. The number of amides is 1. The van der Waals surface area contributed by atoms with E-state index in [1.807, 2.05) is 71.4 Å². The van der Waals surface area contributed by atoms with Gasteiger partial charge in [-0.3, -0.25) is 19.3 Å². The predicted octanol–water partition coefficient (Wildman–Crippen LogP) is 4.88. The molecule has 3 aliphatic rings. The number of nitrogen functional groups attached to an aromatic ring is 1. The fourth-order valence-electron chi connectivity index (χ4n) is 7.09. The van der Waals surface area contributed by atoms with Crippen molar-refractivity contribution in [1.82, 2.24) is 29.5 Å². The van der Waals surface area contributed by atoms with Crippen LogP contribution in [0.15, 0.2) is 78.5 Å². The molecule has 48 heavy (non-hydrogen) atoms. The van der Waals surface area contributed by atoms with Crippen molar-refractivity contribution in [2.75, 3.05) is 58.2 Å². The molecule has 0 spiro atoms. The first-order chi connectivity index (χ1) is 23.3. The molecule has 0 unspecified atom stereocenters. The third-order valence-corrected chi connectivity index (χ3v) is 9.90. The highest BCUT2D eigenvalue weighted by Crippen LogP contribution is 2.36. The summed E-state index contributed by atoms with van der Waals surface area (Å²) in [5, 5.41) is 16.0. The molecule has 1 amide bonds. The lowest BCUT2D eigenvalue weighted by atomic mass is 9.96. The molecule has 0 aliphatic carbocycles. The number of para-hydroxylation sites is 1. The van der Waals surface area contributed by atoms with Gasteiger partial charge in [-0.15, -0.1) is 0 Å². The molecular formula is C37H42N8O3. The van der Waals surface area contributed by atoms with Crippen LogP contribution in [0.2, 0.25) is 0 Å². The fourth-order valence-corrected chi connectivity index (χ4v) is 7.09. The minimum absolute atomic E-state index is 0.0852. The Morgan fingerprint density at radius 1 is 1.00 bits per heavy atom. The number of piperidine rings is 1. The van der Waals surface area contributed by atoms with Crippen LogP contribution >= 0.6 is 0 Å². The van der Waals surface area contributed by atoms with Gasteiger partial charge in [-0.2, -0.15) is 10.4 Å². The van der Waals surface area contributed by atoms with E-state index in [1.54, 1.807) is 11.1 Å². The van der Waals surface area contributed by atoms with E-state index in [0.717, 1.165) is 85.9 Å². The number of fused-ring (bicyclic) bond motifs is 1. The van der Waals surface area contributed by atoms with E-state index < -0.39 is 5.54 Å². The van der Waals surface area contributed by atoms with Gasteiger partial charge >= 0.3 is 0 Å². The Hall–Kier alpha value is -4.76. The van der Waals surface area contributed by atoms with Gasteiger partial charge in [0.2, 0.25) is 0 Å². The van der Waals surface area contributed by atoms with Gasteiger partial charge in [0.25, 0.3) is 5.91 Å². The Bertz CT molecular complexity index is 1830. The summed E-state index contributed by atoms with van der Waals surface area (Å²) in [6.45, 7) is 10.5. The monoisotopic (exact) mass is 646 g/mol. The number of anilines is 1. The normalized spacial score (nSPS) is 20.0. The van der Waals surface area contributed by atoms with Gasteiger partial charge in [-0.05, 0) is 75.2 Å². The Morgan fingerprint density at radius 3 is 2.42 bits per heavy atom. The second-order valence-electron chi connectivity index (χ2n) is 13.4. The standard InChI is InChI=1S/C37H42N8O3/c1-37(2,44-19-17-42(18-20-44)29-24-47-25-29)21-27(22-38)36(46)43-16-6-7-28(23-43)45-32-14-15-40-35(39)33(32)34(41-45)26-10-12-31(13-11-26)48-30-8-4-3-5-9-30/h3-5,8-15,21,28-29H,6-7,16-20,23-25H2,1-2H3,(H2,39,40)/t28-/m1/s1. The first-order valence-corrected chi connectivity index (χ1v) is 16.8. The summed E-state index contributed by atoms with van der Waals surface area (Å²) >= 11 is 0. The highest BCUT2D eigenvalue weighted by Gasteiger charge is 2.35. The summed E-state index contributed by atoms with van der Waals surface area (Å²) in [7, 11) is 0. The molecular weight excluding hydrogens is 604 g/mol. The van der Waals surface area contributed by atoms with E-state index in [-0.39, 0.29) is 17.5 Å². The van der Waals surface area contributed by atoms with Crippen LogP contribution in [-0.4, -0.2) is 99.4 Å². The van der Waals surface area contributed by atoms with Crippen molar-refractivity contribution in [1.29, 1.82) is 5.26 Å². The van der Waals surface area contributed by atoms with Crippen LogP contribution in [0, 0.1) is 11.3 Å². The smallest absolute Gasteiger partial charge is 0.264 e. The number of aromatic nitrogens is 3. The molecule has 2 aromatic heterocycles. The number of hydrogen-bond acceptors (Lipinski definition) is 9. The maximum Gasteiger partial charge on any atom is 0.264 e. The number of pyridine rings is 1. The van der Waals surface area contributed by atoms with Gasteiger partial charge in [0.15, 0.2) is 0 Å². The van der Waals surface area contributed by atoms with Crippen molar-refractivity contribution in [2.45, 2.75) is 44.3 Å². The Kier molecular flexibility index (Phi) is 8.88. The lowest BCUT2D eigenvalue weighted by molar-refractivity contribution is -0.128. The molecule has 11 nitrogen and oxygen atoms in total. The van der Waals surface area contributed by atoms with E-state index in [0.29, 0.717) is 24.9 Å². The molecule has 3 aliphatic heterocycles. The molecule has 7 rings (SSSR count). The SMILES string of the molecule is CC(C)(C=C(C#N)C(=O)N1CCC[C@@H](n2nc(-c3ccc(Oc4ccccc4)cc3)c3c(N)nccc32)C1)N1CCN(C2COC2)CC1. The van der Waals surface area contributed by atoms with Crippen LogP contribution in [-0.2, 0) is 9.53 Å². The van der Waals surface area contributed by atoms with Crippen molar-refractivity contribution in [3.63, 3.8) is 0 Å². The van der Waals surface area contributed by atoms with Crippen molar-refractivity contribution in [3.05, 3.63) is 78.5 Å². The summed E-state index contributed by atoms with van der Waals surface area (Å²) in [4.78, 5) is 24.9. The van der Waals surface area contributed by atoms with Crippen molar-refractivity contribution in [2.24, 2.45) is 0 Å². The molecule has 0 radical (unpaired) electrons. The van der Waals surface area contributed by atoms with Crippen molar-refractivity contribution >= 4 is 22.6 Å². The van der Waals surface area contributed by atoms with Crippen LogP contribution in [0.3, 0.4) is 0 Å². The zero-order valence-electron chi connectivity index (χ0n) is 27.6. The Balaban J connectivity index is 1.09. The van der Waals surface area contributed by atoms with E-state index in [1.165, 1.54) is 0 Å². The minimum atomic E-state index is -0.433. The van der Waals surface area contributed by atoms with E-state index in [2.05, 4.69) is 34.7 Å². The molecule has 0 bridgehead atoms. The number of likely N-dealkylation sites (tertiary alicyclic amines) is 1. The summed E-state index contributed by atoms with van der Waals surface area (Å²) < 4.78 is 13.4. The van der Waals surface area contributed by atoms with E-state index in [4.69, 9.17) is 20.3 Å². The summed E-state index contributed by atoms with van der Waals surface area (Å²) in [6, 6.07) is 22.0. The zero-order chi connectivity index (χ0) is 33.3. The average molecular weight is 647 g/mol. The van der Waals surface area contributed by atoms with E-state index >= 15 is 0 Å². The third-order valence-electron chi connectivity index (χ3n) is 9.90. The Morgan fingerprint density at radius 2 is 1.73 bits per heavy atom. The topological polar surface area (TPSA) is 126 Å². The summed E-state index contributed by atoms with van der Waals surface area (Å²) in [6.07, 6.45) is 5.20. The quantitative estimate of drug-likeness (QED) is 0.211. The highest BCUT2D eigenvalue weighted by molar-refractivity contribution is 6.00. The van der Waals surface area contributed by atoms with Gasteiger partial charge in [0, 0.05) is 56.6 Å². The number of nitrogens with two attached hydrogens (primary N) is 1. The lowest BCUT2D eigenvalue weighted by Crippen LogP contribution is -2.59. The van der Waals surface area contributed by atoms with Gasteiger partial charge in [0.1, 0.15) is 34.7 Å². The molecule has 5 heterocycles. The van der Waals surface area contributed by atoms with E-state index in [9.17, 15) is 10.1 Å². The Labute approximate surface area is 281 Å². The maximum absolute atomic E-state index is 13.9. The van der Waals surface area contributed by atoms with Crippen molar-refractivity contribution in [3.8, 4) is 28.8 Å². The molecule has 2 N–H and O–H groups in total. The second-order valence-corrected chi connectivity index (χ2v) is 13.4. The summed E-state index contributed by atoms with van der Waals surface area (Å²) in [5.41, 5.74) is 8.69. The van der Waals surface area contributed by atoms with Gasteiger partial charge in [0.05, 0.1) is 36.2 Å². The number of ether oxygens (including phenoxy) is 2.